The summed E-state index contributed by atoms with van der Waals surface area (Å²) in [4.78, 5) is 14.2. The third-order valence-corrected chi connectivity index (χ3v) is 7.90. The fraction of sp³-hybridized carbons (Fsp3) is 0.444. The molecule has 2 N–H and O–H groups in total. The summed E-state index contributed by atoms with van der Waals surface area (Å²) in [7, 11) is 1.75. The summed E-state index contributed by atoms with van der Waals surface area (Å²) in [5, 5.41) is 12.3. The van der Waals surface area contributed by atoms with Gasteiger partial charge in [-0.3, -0.25) is 10.00 Å². The number of benzene rings is 1. The number of fused-ring (bicyclic) bond motifs is 1. The SMILES string of the molecule is COc1ccc(CN2CCC(Nc3nc(C)nc4sc(C)cc34)CC2)cc1Cc1c(C)n[nH]c1C. The molecule has 4 heterocycles. The van der Waals surface area contributed by atoms with Crippen LogP contribution in [0.25, 0.3) is 10.2 Å². The Hall–Kier alpha value is -2.97. The Bertz CT molecular complexity index is 1320. The fourth-order valence-corrected chi connectivity index (χ4v) is 5.96. The van der Waals surface area contributed by atoms with E-state index in [1.165, 1.54) is 21.6 Å². The van der Waals surface area contributed by atoms with Gasteiger partial charge in [-0.25, -0.2) is 9.97 Å². The largest absolute Gasteiger partial charge is 0.496 e. The number of rotatable bonds is 7. The predicted octanol–water partition coefficient (Wildman–Crippen LogP) is 5.32. The average Bonchev–Trinajstić information content (AvgIpc) is 3.36. The van der Waals surface area contributed by atoms with Gasteiger partial charge in [-0.15, -0.1) is 11.3 Å². The quantitative estimate of drug-likeness (QED) is 0.365. The Balaban J connectivity index is 1.23. The van der Waals surface area contributed by atoms with Crippen LogP contribution in [0.3, 0.4) is 0 Å². The normalized spacial score (nSPS) is 15.1. The minimum atomic E-state index is 0.433. The summed E-state index contributed by atoms with van der Waals surface area (Å²) in [5.41, 5.74) is 5.97. The second-order valence-electron chi connectivity index (χ2n) is 9.63. The predicted molar refractivity (Wildman–Crippen MR) is 143 cm³/mol. The van der Waals surface area contributed by atoms with Gasteiger partial charge in [0.05, 0.1) is 18.2 Å². The lowest BCUT2D eigenvalue weighted by molar-refractivity contribution is 0.211. The van der Waals surface area contributed by atoms with E-state index < -0.39 is 0 Å². The first-order valence-corrected chi connectivity index (χ1v) is 13.1. The number of piperidine rings is 1. The number of hydrogen-bond acceptors (Lipinski definition) is 7. The molecule has 3 aromatic heterocycles. The molecule has 0 amide bonds. The number of aromatic nitrogens is 4. The molecule has 35 heavy (non-hydrogen) atoms. The lowest BCUT2D eigenvalue weighted by Gasteiger charge is -2.33. The first-order chi connectivity index (χ1) is 16.9. The summed E-state index contributed by atoms with van der Waals surface area (Å²) in [5.74, 6) is 2.75. The van der Waals surface area contributed by atoms with Crippen molar-refractivity contribution in [1.29, 1.82) is 0 Å². The van der Waals surface area contributed by atoms with Crippen molar-refractivity contribution in [1.82, 2.24) is 25.1 Å². The minimum absolute atomic E-state index is 0.433. The molecule has 5 rings (SSSR count). The Labute approximate surface area is 211 Å². The summed E-state index contributed by atoms with van der Waals surface area (Å²) in [6, 6.07) is 9.23. The first kappa shape index (κ1) is 23.8. The molecule has 8 heteroatoms. The van der Waals surface area contributed by atoms with Crippen LogP contribution in [-0.2, 0) is 13.0 Å². The second kappa shape index (κ2) is 9.95. The molecule has 1 aliphatic rings. The molecule has 0 atom stereocenters. The van der Waals surface area contributed by atoms with Crippen LogP contribution >= 0.6 is 11.3 Å². The lowest BCUT2D eigenvalue weighted by Crippen LogP contribution is -2.38. The van der Waals surface area contributed by atoms with E-state index in [1.54, 1.807) is 18.4 Å². The van der Waals surface area contributed by atoms with Crippen LogP contribution < -0.4 is 10.1 Å². The molecule has 0 radical (unpaired) electrons. The van der Waals surface area contributed by atoms with E-state index in [9.17, 15) is 0 Å². The van der Waals surface area contributed by atoms with E-state index >= 15 is 0 Å². The number of thiophene rings is 1. The third-order valence-electron chi connectivity index (χ3n) is 6.96. The number of aryl methyl sites for hydroxylation is 4. The van der Waals surface area contributed by atoms with Gasteiger partial charge in [0.25, 0.3) is 0 Å². The topological polar surface area (TPSA) is 79.0 Å². The maximum Gasteiger partial charge on any atom is 0.138 e. The van der Waals surface area contributed by atoms with E-state index in [4.69, 9.17) is 9.72 Å². The van der Waals surface area contributed by atoms with Crippen LogP contribution in [0, 0.1) is 27.7 Å². The van der Waals surface area contributed by atoms with Crippen molar-refractivity contribution < 1.29 is 4.74 Å². The van der Waals surface area contributed by atoms with Crippen LogP contribution in [0.4, 0.5) is 5.82 Å². The number of H-pyrrole nitrogens is 1. The molecular weight excluding hydrogens is 456 g/mol. The highest BCUT2D eigenvalue weighted by atomic mass is 32.1. The highest BCUT2D eigenvalue weighted by Crippen LogP contribution is 2.30. The van der Waals surface area contributed by atoms with E-state index in [0.717, 1.165) is 77.9 Å². The molecule has 7 nitrogen and oxygen atoms in total. The van der Waals surface area contributed by atoms with Crippen LogP contribution in [0.15, 0.2) is 24.3 Å². The van der Waals surface area contributed by atoms with Crippen molar-refractivity contribution >= 4 is 27.4 Å². The van der Waals surface area contributed by atoms with Gasteiger partial charge in [0.1, 0.15) is 22.2 Å². The standard InChI is InChI=1S/C27H34N6OS/c1-16-12-24-26(28-19(4)29-27(24)35-16)30-22-8-10-33(11-9-22)15-20-6-7-25(34-5)21(13-20)14-23-17(2)31-32-18(23)3/h6-7,12-13,22H,8-11,14-15H2,1-5H3,(H,31,32)(H,28,29,30). The Morgan fingerprint density at radius 3 is 2.63 bits per heavy atom. The summed E-state index contributed by atoms with van der Waals surface area (Å²) in [6.07, 6.45) is 3.03. The second-order valence-corrected chi connectivity index (χ2v) is 10.9. The molecule has 0 saturated carbocycles. The number of nitrogens with one attached hydrogen (secondary N) is 2. The number of hydrogen-bond donors (Lipinski definition) is 2. The van der Waals surface area contributed by atoms with Gasteiger partial charge in [0.2, 0.25) is 0 Å². The Morgan fingerprint density at radius 1 is 1.11 bits per heavy atom. The van der Waals surface area contributed by atoms with Crippen LogP contribution in [0.1, 0.15) is 51.6 Å². The number of aromatic amines is 1. The van der Waals surface area contributed by atoms with Gasteiger partial charge in [-0.2, -0.15) is 5.10 Å². The molecular formula is C27H34N6OS. The molecule has 0 unspecified atom stereocenters. The zero-order valence-corrected chi connectivity index (χ0v) is 22.1. The maximum absolute atomic E-state index is 5.67. The summed E-state index contributed by atoms with van der Waals surface area (Å²) >= 11 is 1.74. The number of ether oxygens (including phenoxy) is 1. The third kappa shape index (κ3) is 5.18. The Morgan fingerprint density at radius 2 is 1.91 bits per heavy atom. The highest BCUT2D eigenvalue weighted by Gasteiger charge is 2.21. The molecule has 0 aliphatic carbocycles. The smallest absolute Gasteiger partial charge is 0.138 e. The highest BCUT2D eigenvalue weighted by molar-refractivity contribution is 7.18. The zero-order valence-electron chi connectivity index (χ0n) is 21.2. The average molecular weight is 491 g/mol. The van der Waals surface area contributed by atoms with Crippen LogP contribution in [0.2, 0.25) is 0 Å². The molecule has 184 valence electrons. The van der Waals surface area contributed by atoms with Gasteiger partial charge in [0, 0.05) is 48.2 Å². The monoisotopic (exact) mass is 490 g/mol. The van der Waals surface area contributed by atoms with E-state index in [-0.39, 0.29) is 0 Å². The molecule has 0 spiro atoms. The number of methoxy groups -OCH3 is 1. The van der Waals surface area contributed by atoms with Gasteiger partial charge < -0.3 is 10.1 Å². The van der Waals surface area contributed by atoms with Crippen molar-refractivity contribution in [3.8, 4) is 5.75 Å². The molecule has 1 fully saturated rings. The van der Waals surface area contributed by atoms with Gasteiger partial charge in [-0.05, 0) is 63.8 Å². The van der Waals surface area contributed by atoms with Gasteiger partial charge >= 0.3 is 0 Å². The Kier molecular flexibility index (Phi) is 6.75. The molecule has 1 aliphatic heterocycles. The molecule has 1 aromatic carbocycles. The van der Waals surface area contributed by atoms with Gasteiger partial charge in [0.15, 0.2) is 0 Å². The summed E-state index contributed by atoms with van der Waals surface area (Å²) in [6.45, 7) is 11.3. The van der Waals surface area contributed by atoms with Gasteiger partial charge in [-0.1, -0.05) is 12.1 Å². The van der Waals surface area contributed by atoms with Crippen LogP contribution in [-0.4, -0.2) is 51.3 Å². The molecule has 0 bridgehead atoms. The van der Waals surface area contributed by atoms with Crippen molar-refractivity contribution in [2.75, 3.05) is 25.5 Å². The maximum atomic E-state index is 5.67. The minimum Gasteiger partial charge on any atom is -0.496 e. The van der Waals surface area contributed by atoms with Crippen molar-refractivity contribution in [3.05, 3.63) is 63.0 Å². The first-order valence-electron chi connectivity index (χ1n) is 12.3. The number of nitrogens with zero attached hydrogens (tertiary/aromatic N) is 4. The number of likely N-dealkylation sites (tertiary alicyclic amines) is 1. The fourth-order valence-electron chi connectivity index (χ4n) is 5.04. The van der Waals surface area contributed by atoms with E-state index in [0.29, 0.717) is 6.04 Å². The van der Waals surface area contributed by atoms with Crippen molar-refractivity contribution in [2.45, 2.75) is 59.5 Å². The lowest BCUT2D eigenvalue weighted by atomic mass is 9.99. The molecule has 4 aromatic rings. The van der Waals surface area contributed by atoms with Crippen molar-refractivity contribution in [2.24, 2.45) is 0 Å². The van der Waals surface area contributed by atoms with Crippen LogP contribution in [0.5, 0.6) is 5.75 Å². The number of anilines is 1. The van der Waals surface area contributed by atoms with E-state index in [2.05, 4.69) is 70.4 Å². The van der Waals surface area contributed by atoms with Crippen molar-refractivity contribution in [3.63, 3.8) is 0 Å². The molecule has 1 saturated heterocycles. The van der Waals surface area contributed by atoms with E-state index in [1.807, 2.05) is 6.92 Å². The zero-order chi connectivity index (χ0) is 24.5. The summed E-state index contributed by atoms with van der Waals surface area (Å²) < 4.78 is 5.67.